The zero-order valence-electron chi connectivity index (χ0n) is 29.8. The summed E-state index contributed by atoms with van der Waals surface area (Å²) in [6, 6.07) is 66.4. The van der Waals surface area contributed by atoms with Gasteiger partial charge in [0.2, 0.25) is 0 Å². The quantitative estimate of drug-likeness (QED) is 0.183. The standard InChI is InChI=1S/C52H32N2O/c1-2-12-33(13-3-1)34-24-26-37(27-25-34)54(48-23-10-17-40-42-30-35-28-29-53-32-36(35)31-49(42)55-51(40)48)47-22-11-21-46-50(47)41-16-6-9-20-45(41)52(46)43-18-7-4-14-38(43)39-15-5-8-19-44(39)52/h1-32H. The molecule has 0 saturated heterocycles. The van der Waals surface area contributed by atoms with Crippen molar-refractivity contribution >= 4 is 49.8 Å². The van der Waals surface area contributed by atoms with Gasteiger partial charge in [-0.2, -0.15) is 0 Å². The minimum atomic E-state index is -0.447. The van der Waals surface area contributed by atoms with Gasteiger partial charge in [-0.25, -0.2) is 0 Å². The van der Waals surface area contributed by atoms with Crippen LogP contribution in [0.3, 0.4) is 0 Å². The molecule has 0 aliphatic heterocycles. The van der Waals surface area contributed by atoms with Gasteiger partial charge in [-0.15, -0.1) is 0 Å². The molecule has 0 radical (unpaired) electrons. The number of fused-ring (bicyclic) bond motifs is 14. The van der Waals surface area contributed by atoms with Gasteiger partial charge >= 0.3 is 0 Å². The SMILES string of the molecule is c1ccc(-c2ccc(N(c3cccc4c3-c3ccccc3C43c4ccccc4-c4ccccc43)c3cccc4c3oc3cc5cnccc5cc34)cc2)cc1. The van der Waals surface area contributed by atoms with E-state index in [1.165, 1.54) is 55.6 Å². The molecule has 0 bridgehead atoms. The third-order valence-corrected chi connectivity index (χ3v) is 11.9. The van der Waals surface area contributed by atoms with Gasteiger partial charge in [-0.3, -0.25) is 4.98 Å². The third kappa shape index (κ3) is 4.12. The number of furan rings is 1. The van der Waals surface area contributed by atoms with Crippen molar-refractivity contribution in [3.63, 3.8) is 0 Å². The molecule has 2 heterocycles. The van der Waals surface area contributed by atoms with Crippen molar-refractivity contribution in [1.82, 2.24) is 4.98 Å². The second-order valence-corrected chi connectivity index (χ2v) is 14.7. The van der Waals surface area contributed by atoms with E-state index >= 15 is 0 Å². The highest BCUT2D eigenvalue weighted by Crippen LogP contribution is 2.64. The zero-order chi connectivity index (χ0) is 36.1. The van der Waals surface area contributed by atoms with Gasteiger partial charge in [0.15, 0.2) is 5.58 Å². The lowest BCUT2D eigenvalue weighted by molar-refractivity contribution is 0.669. The number of aromatic nitrogens is 1. The average Bonchev–Trinajstić information content (AvgIpc) is 3.88. The molecule has 3 heteroatoms. The summed E-state index contributed by atoms with van der Waals surface area (Å²) in [5.74, 6) is 0. The minimum absolute atomic E-state index is 0.447. The second kappa shape index (κ2) is 11.4. The normalized spacial score (nSPS) is 13.2. The van der Waals surface area contributed by atoms with Crippen molar-refractivity contribution in [3.05, 3.63) is 217 Å². The Balaban J connectivity index is 1.16. The van der Waals surface area contributed by atoms with Gasteiger partial charge in [0.05, 0.1) is 16.8 Å². The van der Waals surface area contributed by atoms with Crippen LogP contribution in [0, 0.1) is 0 Å². The van der Waals surface area contributed by atoms with Crippen LogP contribution in [0.25, 0.3) is 66.1 Å². The Morgan fingerprint density at radius 2 is 1.07 bits per heavy atom. The molecule has 12 rings (SSSR count). The summed E-state index contributed by atoms with van der Waals surface area (Å²) in [6.45, 7) is 0. The fourth-order valence-corrected chi connectivity index (χ4v) is 9.69. The van der Waals surface area contributed by atoms with Gasteiger partial charge in [0, 0.05) is 39.8 Å². The molecular weight excluding hydrogens is 669 g/mol. The predicted molar refractivity (Wildman–Crippen MR) is 225 cm³/mol. The summed E-state index contributed by atoms with van der Waals surface area (Å²) in [6.07, 6.45) is 3.76. The highest BCUT2D eigenvalue weighted by Gasteiger charge is 2.52. The van der Waals surface area contributed by atoms with E-state index in [0.717, 1.165) is 49.8 Å². The molecule has 1 spiro atoms. The number of rotatable bonds is 4. The van der Waals surface area contributed by atoms with E-state index in [2.05, 4.69) is 192 Å². The number of anilines is 3. The number of nitrogens with zero attached hydrogens (tertiary/aromatic N) is 2. The summed E-state index contributed by atoms with van der Waals surface area (Å²) in [7, 11) is 0. The number of para-hydroxylation sites is 1. The van der Waals surface area contributed by atoms with Gasteiger partial charge in [0.1, 0.15) is 5.58 Å². The highest BCUT2D eigenvalue weighted by atomic mass is 16.3. The van der Waals surface area contributed by atoms with Gasteiger partial charge < -0.3 is 9.32 Å². The van der Waals surface area contributed by atoms with Gasteiger partial charge in [-0.1, -0.05) is 140 Å². The summed E-state index contributed by atoms with van der Waals surface area (Å²) >= 11 is 0. The van der Waals surface area contributed by atoms with Crippen LogP contribution in [0.2, 0.25) is 0 Å². The van der Waals surface area contributed by atoms with Crippen molar-refractivity contribution in [2.45, 2.75) is 5.41 Å². The molecule has 55 heavy (non-hydrogen) atoms. The summed E-state index contributed by atoms with van der Waals surface area (Å²) in [5.41, 5.74) is 17.1. The van der Waals surface area contributed by atoms with Crippen molar-refractivity contribution in [3.8, 4) is 33.4 Å². The number of hydrogen-bond donors (Lipinski definition) is 0. The lowest BCUT2D eigenvalue weighted by atomic mass is 9.70. The molecule has 10 aromatic rings. The maximum absolute atomic E-state index is 6.91. The number of pyridine rings is 1. The van der Waals surface area contributed by atoms with Gasteiger partial charge in [-0.05, 0) is 97.9 Å². The molecule has 0 fully saturated rings. The van der Waals surface area contributed by atoms with E-state index < -0.39 is 5.41 Å². The molecule has 0 amide bonds. The number of benzene rings is 8. The fraction of sp³-hybridized carbons (Fsp3) is 0.0192. The molecule has 0 N–H and O–H groups in total. The second-order valence-electron chi connectivity index (χ2n) is 14.7. The summed E-state index contributed by atoms with van der Waals surface area (Å²) < 4.78 is 6.91. The van der Waals surface area contributed by atoms with Crippen LogP contribution in [0.15, 0.2) is 199 Å². The van der Waals surface area contributed by atoms with Crippen LogP contribution in [0.5, 0.6) is 0 Å². The monoisotopic (exact) mass is 700 g/mol. The van der Waals surface area contributed by atoms with E-state index in [9.17, 15) is 0 Å². The molecule has 256 valence electrons. The van der Waals surface area contributed by atoms with E-state index in [0.29, 0.717) is 0 Å². The molecule has 3 nitrogen and oxygen atoms in total. The van der Waals surface area contributed by atoms with Gasteiger partial charge in [0.25, 0.3) is 0 Å². The Hall–Kier alpha value is -7.23. The maximum Gasteiger partial charge on any atom is 0.159 e. The number of hydrogen-bond acceptors (Lipinski definition) is 3. The predicted octanol–water partition coefficient (Wildman–Crippen LogP) is 13.6. The Bertz CT molecular complexity index is 3110. The van der Waals surface area contributed by atoms with Crippen LogP contribution in [-0.4, -0.2) is 4.98 Å². The Morgan fingerprint density at radius 1 is 0.455 bits per heavy atom. The maximum atomic E-state index is 6.91. The molecule has 8 aromatic carbocycles. The first-order chi connectivity index (χ1) is 27.3. The fourth-order valence-electron chi connectivity index (χ4n) is 9.69. The largest absolute Gasteiger partial charge is 0.454 e. The van der Waals surface area contributed by atoms with Crippen molar-refractivity contribution in [1.29, 1.82) is 0 Å². The molecule has 0 saturated carbocycles. The van der Waals surface area contributed by atoms with Crippen molar-refractivity contribution in [2.75, 3.05) is 4.90 Å². The van der Waals surface area contributed by atoms with Crippen molar-refractivity contribution < 1.29 is 4.42 Å². The van der Waals surface area contributed by atoms with Crippen LogP contribution in [-0.2, 0) is 5.41 Å². The lowest BCUT2D eigenvalue weighted by Gasteiger charge is -2.31. The third-order valence-electron chi connectivity index (χ3n) is 11.9. The Morgan fingerprint density at radius 3 is 1.84 bits per heavy atom. The first kappa shape index (κ1) is 30.3. The van der Waals surface area contributed by atoms with Crippen molar-refractivity contribution in [2.24, 2.45) is 0 Å². The average molecular weight is 701 g/mol. The highest BCUT2D eigenvalue weighted by molar-refractivity contribution is 6.14. The summed E-state index contributed by atoms with van der Waals surface area (Å²) in [5, 5.41) is 4.38. The van der Waals surface area contributed by atoms with E-state index in [1.807, 2.05) is 12.4 Å². The smallest absolute Gasteiger partial charge is 0.159 e. The van der Waals surface area contributed by atoms with E-state index in [4.69, 9.17) is 4.42 Å². The Labute approximate surface area is 318 Å². The molecular formula is C52H32N2O. The molecule has 2 aliphatic carbocycles. The van der Waals surface area contributed by atoms with E-state index in [-0.39, 0.29) is 0 Å². The molecule has 2 aromatic heterocycles. The Kier molecular flexibility index (Phi) is 6.26. The van der Waals surface area contributed by atoms with Crippen LogP contribution < -0.4 is 4.90 Å². The van der Waals surface area contributed by atoms with Crippen LogP contribution in [0.4, 0.5) is 17.1 Å². The zero-order valence-corrected chi connectivity index (χ0v) is 29.8. The summed E-state index contributed by atoms with van der Waals surface area (Å²) in [4.78, 5) is 6.81. The van der Waals surface area contributed by atoms with Crippen LogP contribution in [0.1, 0.15) is 22.3 Å². The molecule has 2 aliphatic rings. The van der Waals surface area contributed by atoms with E-state index in [1.54, 1.807) is 0 Å². The molecule has 0 atom stereocenters. The topological polar surface area (TPSA) is 29.3 Å². The first-order valence-electron chi connectivity index (χ1n) is 18.9. The first-order valence-corrected chi connectivity index (χ1v) is 18.9. The van der Waals surface area contributed by atoms with Crippen LogP contribution >= 0.6 is 0 Å². The minimum Gasteiger partial charge on any atom is -0.454 e. The lowest BCUT2D eigenvalue weighted by Crippen LogP contribution is -2.26. The molecule has 0 unspecified atom stereocenters.